The van der Waals surface area contributed by atoms with Gasteiger partial charge in [0.05, 0.1) is 0 Å². The average molecular weight is 284 g/mol. The first-order valence-electron chi connectivity index (χ1n) is 7.20. The van der Waals surface area contributed by atoms with E-state index in [1.807, 2.05) is 0 Å². The summed E-state index contributed by atoms with van der Waals surface area (Å²) in [6, 6.07) is 5.64. The molecule has 0 amide bonds. The van der Waals surface area contributed by atoms with Crippen LogP contribution >= 0.6 is 11.6 Å². The van der Waals surface area contributed by atoms with Crippen molar-refractivity contribution >= 4 is 11.6 Å². The summed E-state index contributed by atoms with van der Waals surface area (Å²) in [7, 11) is 0. The summed E-state index contributed by atoms with van der Waals surface area (Å²) in [6.45, 7) is 5.35. The van der Waals surface area contributed by atoms with Crippen LogP contribution in [-0.4, -0.2) is 12.6 Å². The highest BCUT2D eigenvalue weighted by Gasteiger charge is 2.29. The molecule has 1 aromatic carbocycles. The van der Waals surface area contributed by atoms with E-state index in [4.69, 9.17) is 11.6 Å². The standard InChI is InChI=1S/C16H23ClFN/c1-3-9-16(2,11-19-12-7-8-12)10-13-14(17)5-4-6-15(13)18/h4-6,12,19H,3,7-11H2,1-2H3. The molecular weight excluding hydrogens is 261 g/mol. The van der Waals surface area contributed by atoms with Crippen molar-refractivity contribution < 1.29 is 4.39 Å². The summed E-state index contributed by atoms with van der Waals surface area (Å²) < 4.78 is 13.9. The zero-order valence-electron chi connectivity index (χ0n) is 11.8. The van der Waals surface area contributed by atoms with Crippen LogP contribution in [0, 0.1) is 11.2 Å². The van der Waals surface area contributed by atoms with Crippen molar-refractivity contribution in [3.8, 4) is 0 Å². The molecule has 1 saturated carbocycles. The lowest BCUT2D eigenvalue weighted by Crippen LogP contribution is -2.35. The number of nitrogens with one attached hydrogen (secondary N) is 1. The van der Waals surface area contributed by atoms with Crippen molar-refractivity contribution in [2.24, 2.45) is 5.41 Å². The Morgan fingerprint density at radius 2 is 2.16 bits per heavy atom. The van der Waals surface area contributed by atoms with Gasteiger partial charge in [-0.2, -0.15) is 0 Å². The fourth-order valence-electron chi connectivity index (χ4n) is 2.65. The quantitative estimate of drug-likeness (QED) is 0.772. The molecule has 1 N–H and O–H groups in total. The molecule has 0 saturated heterocycles. The molecule has 1 nitrogen and oxygen atoms in total. The summed E-state index contributed by atoms with van der Waals surface area (Å²) in [6.07, 6.45) is 5.45. The zero-order valence-corrected chi connectivity index (χ0v) is 12.6. The number of halogens is 2. The summed E-state index contributed by atoms with van der Waals surface area (Å²) in [5, 5.41) is 4.13. The predicted octanol–water partition coefficient (Wildman–Crippen LogP) is 4.58. The lowest BCUT2D eigenvalue weighted by atomic mass is 9.79. The van der Waals surface area contributed by atoms with Crippen molar-refractivity contribution in [3.63, 3.8) is 0 Å². The van der Waals surface area contributed by atoms with Crippen LogP contribution in [0.3, 0.4) is 0 Å². The maximum Gasteiger partial charge on any atom is 0.127 e. The highest BCUT2D eigenvalue weighted by atomic mass is 35.5. The molecule has 19 heavy (non-hydrogen) atoms. The molecule has 1 fully saturated rings. The normalized spacial score (nSPS) is 18.3. The third-order valence-electron chi connectivity index (χ3n) is 3.91. The molecule has 0 radical (unpaired) electrons. The Morgan fingerprint density at radius 1 is 1.42 bits per heavy atom. The van der Waals surface area contributed by atoms with Gasteiger partial charge in [-0.1, -0.05) is 37.9 Å². The van der Waals surface area contributed by atoms with Crippen LogP contribution in [0.15, 0.2) is 18.2 Å². The molecule has 3 heteroatoms. The average Bonchev–Trinajstić information content (AvgIpc) is 3.16. The van der Waals surface area contributed by atoms with E-state index in [1.165, 1.54) is 18.9 Å². The first-order valence-corrected chi connectivity index (χ1v) is 7.58. The van der Waals surface area contributed by atoms with E-state index in [2.05, 4.69) is 19.2 Å². The molecule has 0 heterocycles. The first kappa shape index (κ1) is 14.8. The molecule has 0 spiro atoms. The van der Waals surface area contributed by atoms with E-state index in [0.29, 0.717) is 23.0 Å². The smallest absolute Gasteiger partial charge is 0.127 e. The lowest BCUT2D eigenvalue weighted by molar-refractivity contribution is 0.271. The van der Waals surface area contributed by atoms with Crippen molar-refractivity contribution in [2.75, 3.05) is 6.54 Å². The lowest BCUT2D eigenvalue weighted by Gasteiger charge is -2.30. The van der Waals surface area contributed by atoms with E-state index in [1.54, 1.807) is 12.1 Å². The fraction of sp³-hybridized carbons (Fsp3) is 0.625. The summed E-state index contributed by atoms with van der Waals surface area (Å²) in [5.74, 6) is -0.179. The van der Waals surface area contributed by atoms with Gasteiger partial charge >= 0.3 is 0 Å². The molecule has 1 aromatic rings. The predicted molar refractivity (Wildman–Crippen MR) is 79.2 cm³/mol. The minimum atomic E-state index is -0.179. The molecule has 1 aliphatic carbocycles. The van der Waals surface area contributed by atoms with Gasteiger partial charge in [0.15, 0.2) is 0 Å². The maximum absolute atomic E-state index is 13.9. The molecule has 1 atom stereocenters. The van der Waals surface area contributed by atoms with Crippen molar-refractivity contribution in [2.45, 2.75) is 52.0 Å². The summed E-state index contributed by atoms with van der Waals surface area (Å²) in [4.78, 5) is 0. The zero-order chi connectivity index (χ0) is 13.9. The molecule has 0 bridgehead atoms. The molecule has 0 aliphatic heterocycles. The fourth-order valence-corrected chi connectivity index (χ4v) is 2.88. The van der Waals surface area contributed by atoms with Crippen LogP contribution in [0.1, 0.15) is 45.1 Å². The van der Waals surface area contributed by atoms with E-state index in [-0.39, 0.29) is 11.2 Å². The van der Waals surface area contributed by atoms with E-state index in [9.17, 15) is 4.39 Å². The Morgan fingerprint density at radius 3 is 2.74 bits per heavy atom. The highest BCUT2D eigenvalue weighted by molar-refractivity contribution is 6.31. The molecule has 2 rings (SSSR count). The molecule has 0 aromatic heterocycles. The van der Waals surface area contributed by atoms with Crippen LogP contribution < -0.4 is 5.32 Å². The largest absolute Gasteiger partial charge is 0.313 e. The molecule has 106 valence electrons. The van der Waals surface area contributed by atoms with Gasteiger partial charge in [0.1, 0.15) is 5.82 Å². The van der Waals surface area contributed by atoms with Crippen molar-refractivity contribution in [3.05, 3.63) is 34.6 Å². The van der Waals surface area contributed by atoms with Gasteiger partial charge in [-0.25, -0.2) is 4.39 Å². The first-order chi connectivity index (χ1) is 9.04. The Bertz CT molecular complexity index is 411. The SMILES string of the molecule is CCCC(C)(CNC1CC1)Cc1c(F)cccc1Cl. The monoisotopic (exact) mass is 283 g/mol. The number of hydrogen-bond acceptors (Lipinski definition) is 1. The number of benzene rings is 1. The summed E-state index contributed by atoms with van der Waals surface area (Å²) in [5.41, 5.74) is 0.737. The highest BCUT2D eigenvalue weighted by Crippen LogP contribution is 2.33. The Labute approximate surface area is 120 Å². The van der Waals surface area contributed by atoms with Crippen LogP contribution in [0.25, 0.3) is 0 Å². The van der Waals surface area contributed by atoms with Gasteiger partial charge < -0.3 is 5.32 Å². The maximum atomic E-state index is 13.9. The van der Waals surface area contributed by atoms with Gasteiger partial charge in [-0.15, -0.1) is 0 Å². The summed E-state index contributed by atoms with van der Waals surface area (Å²) >= 11 is 6.15. The minimum Gasteiger partial charge on any atom is -0.313 e. The minimum absolute atomic E-state index is 0.0726. The third kappa shape index (κ3) is 4.19. The van der Waals surface area contributed by atoms with E-state index >= 15 is 0 Å². The van der Waals surface area contributed by atoms with E-state index in [0.717, 1.165) is 19.4 Å². The Balaban J connectivity index is 2.09. The molecule has 1 unspecified atom stereocenters. The second kappa shape index (κ2) is 6.23. The van der Waals surface area contributed by atoms with Gasteiger partial charge in [0.2, 0.25) is 0 Å². The van der Waals surface area contributed by atoms with Crippen LogP contribution in [-0.2, 0) is 6.42 Å². The van der Waals surface area contributed by atoms with Crippen LogP contribution in [0.2, 0.25) is 5.02 Å². The number of rotatable bonds is 7. The van der Waals surface area contributed by atoms with Gasteiger partial charge in [0, 0.05) is 23.2 Å². The Hall–Kier alpha value is -0.600. The van der Waals surface area contributed by atoms with Crippen LogP contribution in [0.4, 0.5) is 4.39 Å². The molecule has 1 aliphatic rings. The van der Waals surface area contributed by atoms with Crippen molar-refractivity contribution in [1.29, 1.82) is 0 Å². The number of hydrogen-bond donors (Lipinski definition) is 1. The van der Waals surface area contributed by atoms with Gasteiger partial charge in [-0.05, 0) is 43.2 Å². The Kier molecular flexibility index (Phi) is 4.86. The second-order valence-corrected chi connectivity index (χ2v) is 6.50. The van der Waals surface area contributed by atoms with E-state index < -0.39 is 0 Å². The molecular formula is C16H23ClFN. The van der Waals surface area contributed by atoms with Gasteiger partial charge in [-0.3, -0.25) is 0 Å². The van der Waals surface area contributed by atoms with Crippen molar-refractivity contribution in [1.82, 2.24) is 5.32 Å². The second-order valence-electron chi connectivity index (χ2n) is 6.09. The topological polar surface area (TPSA) is 12.0 Å². The van der Waals surface area contributed by atoms with Crippen LogP contribution in [0.5, 0.6) is 0 Å². The third-order valence-corrected chi connectivity index (χ3v) is 4.27. The van der Waals surface area contributed by atoms with Gasteiger partial charge in [0.25, 0.3) is 0 Å².